The molecule has 1 aromatic rings. The van der Waals surface area contributed by atoms with Crippen molar-refractivity contribution in [1.82, 2.24) is 9.21 Å². The average Bonchev–Trinajstić information content (AvgIpc) is 2.33. The summed E-state index contributed by atoms with van der Waals surface area (Å²) >= 11 is 6.79. The summed E-state index contributed by atoms with van der Waals surface area (Å²) in [6, 6.07) is 3.49. The lowest BCUT2D eigenvalue weighted by molar-refractivity contribution is 0.170. The van der Waals surface area contributed by atoms with E-state index in [0.717, 1.165) is 23.1 Å². The molecule has 0 aliphatic carbocycles. The molecule has 2 rings (SSSR count). The van der Waals surface area contributed by atoms with Crippen LogP contribution in [0.1, 0.15) is 12.5 Å². The fourth-order valence-electron chi connectivity index (χ4n) is 2.43. The van der Waals surface area contributed by atoms with Crippen molar-refractivity contribution in [3.8, 4) is 0 Å². The van der Waals surface area contributed by atoms with Gasteiger partial charge in [-0.15, -0.1) is 0 Å². The van der Waals surface area contributed by atoms with E-state index in [9.17, 15) is 8.42 Å². The Labute approximate surface area is 137 Å². The minimum atomic E-state index is -3.47. The van der Waals surface area contributed by atoms with E-state index in [2.05, 4.69) is 36.8 Å². The predicted octanol–water partition coefficient (Wildman–Crippen LogP) is 2.84. The van der Waals surface area contributed by atoms with Crippen molar-refractivity contribution in [2.75, 3.05) is 26.7 Å². The lowest BCUT2D eigenvalue weighted by atomic mass is 10.2. The van der Waals surface area contributed by atoms with E-state index in [4.69, 9.17) is 0 Å². The highest BCUT2D eigenvalue weighted by molar-refractivity contribution is 9.11. The summed E-state index contributed by atoms with van der Waals surface area (Å²) in [5.74, 6) is 0. The van der Waals surface area contributed by atoms with Gasteiger partial charge in [0.05, 0.1) is 4.90 Å². The summed E-state index contributed by atoms with van der Waals surface area (Å²) in [4.78, 5) is 2.47. The fourth-order valence-corrected chi connectivity index (χ4v) is 5.69. The van der Waals surface area contributed by atoms with Gasteiger partial charge in [0.25, 0.3) is 0 Å². The van der Waals surface area contributed by atoms with Crippen LogP contribution in [-0.2, 0) is 10.0 Å². The summed E-state index contributed by atoms with van der Waals surface area (Å²) in [6.45, 7) is 5.92. The zero-order chi connectivity index (χ0) is 15.1. The Balaban J connectivity index is 2.43. The molecule has 1 fully saturated rings. The molecule has 0 amide bonds. The smallest absolute Gasteiger partial charge is 0.244 e. The highest BCUT2D eigenvalue weighted by atomic mass is 79.9. The van der Waals surface area contributed by atoms with Gasteiger partial charge in [-0.3, -0.25) is 0 Å². The van der Waals surface area contributed by atoms with Gasteiger partial charge in [-0.25, -0.2) is 8.42 Å². The monoisotopic (exact) mass is 424 g/mol. The van der Waals surface area contributed by atoms with Gasteiger partial charge in [-0.2, -0.15) is 4.31 Å². The maximum Gasteiger partial charge on any atom is 0.244 e. The Morgan fingerprint density at radius 1 is 1.20 bits per heavy atom. The Kier molecular flexibility index (Phi) is 4.96. The number of likely N-dealkylation sites (N-methyl/N-ethyl adjacent to an activating group) is 1. The van der Waals surface area contributed by atoms with Crippen LogP contribution in [-0.4, -0.2) is 50.3 Å². The average molecular weight is 426 g/mol. The van der Waals surface area contributed by atoms with Gasteiger partial charge in [0.15, 0.2) is 0 Å². The summed E-state index contributed by atoms with van der Waals surface area (Å²) in [5, 5.41) is 0. The van der Waals surface area contributed by atoms with E-state index in [0.29, 0.717) is 15.9 Å². The molecule has 1 unspecified atom stereocenters. The highest BCUT2D eigenvalue weighted by Crippen LogP contribution is 2.32. The number of hydrogen-bond donors (Lipinski definition) is 0. The van der Waals surface area contributed by atoms with Crippen LogP contribution in [0.15, 0.2) is 26.0 Å². The van der Waals surface area contributed by atoms with Gasteiger partial charge in [-0.1, -0.05) is 15.9 Å². The van der Waals surface area contributed by atoms with Crippen LogP contribution in [0, 0.1) is 6.92 Å². The van der Waals surface area contributed by atoms with Crippen LogP contribution in [0.4, 0.5) is 0 Å². The number of halogens is 2. The van der Waals surface area contributed by atoms with Crippen LogP contribution in [0.5, 0.6) is 0 Å². The predicted molar refractivity (Wildman–Crippen MR) is 87.4 cm³/mol. The topological polar surface area (TPSA) is 40.6 Å². The van der Waals surface area contributed by atoms with Gasteiger partial charge < -0.3 is 4.90 Å². The minimum absolute atomic E-state index is 0.0225. The standard InChI is InChI=1S/C13H18Br2N2O2S/c1-9-6-12(15)13(7-11(9)14)20(18,19)17-5-4-16(3)8-10(17)2/h6-7,10H,4-5,8H2,1-3H3. The molecule has 7 heteroatoms. The van der Waals surface area contributed by atoms with E-state index in [1.807, 2.05) is 27.0 Å². The summed E-state index contributed by atoms with van der Waals surface area (Å²) in [6.07, 6.45) is 0. The number of rotatable bonds is 2. The maximum atomic E-state index is 12.8. The third kappa shape index (κ3) is 3.11. The molecule has 1 atom stereocenters. The number of benzene rings is 1. The molecule has 1 saturated heterocycles. The SMILES string of the molecule is Cc1cc(Br)c(S(=O)(=O)N2CCN(C)CC2C)cc1Br. The number of nitrogens with zero attached hydrogens (tertiary/aromatic N) is 2. The molecule has 0 radical (unpaired) electrons. The molecule has 1 aliphatic heterocycles. The molecule has 0 bridgehead atoms. The Hall–Kier alpha value is 0.0500. The minimum Gasteiger partial charge on any atom is -0.303 e. The quantitative estimate of drug-likeness (QED) is 0.731. The number of piperazine rings is 1. The zero-order valence-corrected chi connectivity index (χ0v) is 15.7. The molecule has 1 aliphatic rings. The van der Waals surface area contributed by atoms with Crippen LogP contribution >= 0.6 is 31.9 Å². The molecular formula is C13H18Br2N2O2S. The maximum absolute atomic E-state index is 12.8. The Bertz CT molecular complexity index is 619. The second kappa shape index (κ2) is 6.04. The molecule has 20 heavy (non-hydrogen) atoms. The third-order valence-electron chi connectivity index (χ3n) is 3.57. The number of aryl methyl sites for hydroxylation is 1. The van der Waals surface area contributed by atoms with Crippen LogP contribution in [0.25, 0.3) is 0 Å². The number of hydrogen-bond acceptors (Lipinski definition) is 3. The normalized spacial score (nSPS) is 22.1. The van der Waals surface area contributed by atoms with Crippen molar-refractivity contribution in [3.05, 3.63) is 26.6 Å². The summed E-state index contributed by atoms with van der Waals surface area (Å²) < 4.78 is 28.7. The van der Waals surface area contributed by atoms with Crippen molar-refractivity contribution in [2.24, 2.45) is 0 Å². The molecule has 0 spiro atoms. The molecule has 0 N–H and O–H groups in total. The molecule has 0 saturated carbocycles. The summed E-state index contributed by atoms with van der Waals surface area (Å²) in [5.41, 5.74) is 1.00. The van der Waals surface area contributed by atoms with Gasteiger partial charge in [0.2, 0.25) is 10.0 Å². The Morgan fingerprint density at radius 2 is 1.85 bits per heavy atom. The van der Waals surface area contributed by atoms with Gasteiger partial charge in [-0.05, 0) is 54.5 Å². The van der Waals surface area contributed by atoms with Crippen molar-refractivity contribution in [1.29, 1.82) is 0 Å². The van der Waals surface area contributed by atoms with E-state index >= 15 is 0 Å². The zero-order valence-electron chi connectivity index (χ0n) is 11.7. The van der Waals surface area contributed by atoms with Crippen molar-refractivity contribution >= 4 is 41.9 Å². The lowest BCUT2D eigenvalue weighted by Crippen LogP contribution is -2.52. The van der Waals surface area contributed by atoms with Crippen molar-refractivity contribution in [3.63, 3.8) is 0 Å². The number of sulfonamides is 1. The lowest BCUT2D eigenvalue weighted by Gasteiger charge is -2.37. The van der Waals surface area contributed by atoms with E-state index < -0.39 is 10.0 Å². The highest BCUT2D eigenvalue weighted by Gasteiger charge is 2.34. The molecule has 112 valence electrons. The first-order valence-corrected chi connectivity index (χ1v) is 9.42. The van der Waals surface area contributed by atoms with Crippen LogP contribution < -0.4 is 0 Å². The second-order valence-electron chi connectivity index (χ2n) is 5.26. The van der Waals surface area contributed by atoms with Gasteiger partial charge in [0, 0.05) is 34.6 Å². The summed E-state index contributed by atoms with van der Waals surface area (Å²) in [7, 11) is -1.46. The van der Waals surface area contributed by atoms with Crippen LogP contribution in [0.3, 0.4) is 0 Å². The van der Waals surface area contributed by atoms with E-state index in [-0.39, 0.29) is 6.04 Å². The van der Waals surface area contributed by atoms with Crippen molar-refractivity contribution in [2.45, 2.75) is 24.8 Å². The second-order valence-corrected chi connectivity index (χ2v) is 8.83. The molecular weight excluding hydrogens is 408 g/mol. The third-order valence-corrected chi connectivity index (χ3v) is 7.40. The largest absolute Gasteiger partial charge is 0.303 e. The first-order chi connectivity index (χ1) is 9.23. The fraction of sp³-hybridized carbons (Fsp3) is 0.538. The first kappa shape index (κ1) is 16.4. The molecule has 1 aromatic carbocycles. The van der Waals surface area contributed by atoms with E-state index in [1.165, 1.54) is 0 Å². The van der Waals surface area contributed by atoms with Crippen LogP contribution in [0.2, 0.25) is 0 Å². The molecule has 1 heterocycles. The first-order valence-electron chi connectivity index (χ1n) is 6.39. The Morgan fingerprint density at radius 3 is 2.45 bits per heavy atom. The van der Waals surface area contributed by atoms with E-state index in [1.54, 1.807) is 10.4 Å². The van der Waals surface area contributed by atoms with Crippen molar-refractivity contribution < 1.29 is 8.42 Å². The van der Waals surface area contributed by atoms with Gasteiger partial charge in [0.1, 0.15) is 0 Å². The van der Waals surface area contributed by atoms with Gasteiger partial charge >= 0.3 is 0 Å². The molecule has 0 aromatic heterocycles. The molecule has 4 nitrogen and oxygen atoms in total.